The highest BCUT2D eigenvalue weighted by Gasteiger charge is 2.26. The van der Waals surface area contributed by atoms with Crippen molar-refractivity contribution in [3.8, 4) is 33.4 Å². The molecule has 0 aliphatic rings. The highest BCUT2D eigenvalue weighted by Crippen LogP contribution is 2.45. The summed E-state index contributed by atoms with van der Waals surface area (Å²) in [4.78, 5) is 0. The minimum Gasteiger partial charge on any atom is -0.135 e. The molecule has 55 heavy (non-hydrogen) atoms. The molecule has 10 aromatic rings. The van der Waals surface area contributed by atoms with E-state index in [0.29, 0.717) is 32.7 Å². The molecule has 0 aliphatic carbocycles. The van der Waals surface area contributed by atoms with Gasteiger partial charge in [0.05, 0.1) is 0 Å². The third kappa shape index (κ3) is 4.88. The fraction of sp³-hybridized carbons (Fsp3) is 0. The first kappa shape index (κ1) is 34.3. The maximum atomic E-state index is 7.07. The summed E-state index contributed by atoms with van der Waals surface area (Å²) in [5.41, 5.74) is 7.06. The van der Waals surface area contributed by atoms with Crippen molar-refractivity contribution < 1.29 is 0 Å². The molecule has 0 bridgehead atoms. The fourth-order valence-electron chi connectivity index (χ4n) is 8.56. The number of fused-ring (bicyclic) bond motifs is 8. The largest absolute Gasteiger partial charge is 0.135 e. The van der Waals surface area contributed by atoms with Crippen LogP contribution in [0.5, 0.6) is 0 Å². The van der Waals surface area contributed by atoms with Crippen LogP contribution in [-0.4, -0.2) is 62.8 Å². The van der Waals surface area contributed by atoms with Gasteiger partial charge >= 0.3 is 0 Å². The van der Waals surface area contributed by atoms with E-state index in [1.165, 1.54) is 20.2 Å². The summed E-state index contributed by atoms with van der Waals surface area (Å²) < 4.78 is 2.47. The predicted octanol–water partition coefficient (Wildman–Crippen LogP) is 4.02. The van der Waals surface area contributed by atoms with Crippen LogP contribution in [0.15, 0.2) is 121 Å². The molecule has 0 N–H and O–H groups in total. The van der Waals surface area contributed by atoms with Gasteiger partial charge in [0.15, 0.2) is 0 Å². The van der Waals surface area contributed by atoms with Gasteiger partial charge in [0, 0.05) is 20.2 Å². The van der Waals surface area contributed by atoms with E-state index >= 15 is 0 Å². The van der Waals surface area contributed by atoms with Crippen molar-refractivity contribution in [2.24, 2.45) is 0 Å². The van der Waals surface area contributed by atoms with E-state index < -0.39 is 0 Å². The van der Waals surface area contributed by atoms with Crippen LogP contribution in [0, 0.1) is 0 Å². The van der Waals surface area contributed by atoms with E-state index in [9.17, 15) is 0 Å². The first-order valence-electron chi connectivity index (χ1n) is 17.8. The normalized spacial score (nSPS) is 11.9. The van der Waals surface area contributed by atoms with Crippen molar-refractivity contribution in [3.63, 3.8) is 0 Å². The molecule has 9 heteroatoms. The molecule has 1 heterocycles. The molecule has 16 radical (unpaired) electrons. The van der Waals surface area contributed by atoms with Gasteiger partial charge in [-0.1, -0.05) is 131 Å². The van der Waals surface area contributed by atoms with E-state index in [1.807, 2.05) is 24.3 Å². The van der Waals surface area contributed by atoms with Crippen molar-refractivity contribution in [2.45, 2.75) is 0 Å². The number of thiophene rings is 1. The summed E-state index contributed by atoms with van der Waals surface area (Å²) in [6, 6.07) is 41.9. The zero-order valence-corrected chi connectivity index (χ0v) is 30.4. The highest BCUT2D eigenvalue weighted by atomic mass is 32.1. The summed E-state index contributed by atoms with van der Waals surface area (Å²) in [5, 5.41) is 9.01. The quantitative estimate of drug-likeness (QED) is 0.149. The van der Waals surface area contributed by atoms with Crippen LogP contribution in [0.25, 0.3) is 96.6 Å². The zero-order valence-electron chi connectivity index (χ0n) is 29.6. The van der Waals surface area contributed by atoms with Gasteiger partial charge in [0.25, 0.3) is 0 Å². The second-order valence-electron chi connectivity index (χ2n) is 14.1. The van der Waals surface area contributed by atoms with Crippen molar-refractivity contribution >= 4 is 181 Å². The van der Waals surface area contributed by atoms with Crippen LogP contribution in [0.3, 0.4) is 0 Å². The Labute approximate surface area is 334 Å². The Balaban J connectivity index is 1.36. The SMILES string of the molecule is [B]c1c([B])c([B])c2c(-c3cc4ccccc4c4ccccc34)c3c([B])c([B])c([B])c([B])c3c(-c3ccc(-c4cccc5c4sc4ccccc45)cc3)c2c1[B]. The van der Waals surface area contributed by atoms with E-state index in [2.05, 4.69) is 97.1 Å². The third-order valence-electron chi connectivity index (χ3n) is 11.2. The molecule has 0 amide bonds. The Morgan fingerprint density at radius 2 is 0.800 bits per heavy atom. The number of hydrogen-bond acceptors (Lipinski definition) is 1. The topological polar surface area (TPSA) is 0 Å². The molecule has 0 fully saturated rings. The molecule has 234 valence electrons. The van der Waals surface area contributed by atoms with E-state index in [1.54, 1.807) is 11.3 Å². The summed E-state index contributed by atoms with van der Waals surface area (Å²) >= 11 is 1.79. The van der Waals surface area contributed by atoms with Gasteiger partial charge in [-0.05, 0) is 88.6 Å². The predicted molar refractivity (Wildman–Crippen MR) is 249 cm³/mol. The molecule has 10 rings (SSSR count). The number of hydrogen-bond donors (Lipinski definition) is 0. The Morgan fingerprint density at radius 3 is 1.42 bits per heavy atom. The van der Waals surface area contributed by atoms with Crippen molar-refractivity contribution in [1.29, 1.82) is 0 Å². The van der Waals surface area contributed by atoms with Crippen LogP contribution in [-0.2, 0) is 0 Å². The summed E-state index contributed by atoms with van der Waals surface area (Å²) in [6.07, 6.45) is 0. The molecular weight excluding hydrogens is 671 g/mol. The molecule has 9 aromatic carbocycles. The molecule has 0 atom stereocenters. The molecular formula is C46H20B8S. The Bertz CT molecular complexity index is 3210. The van der Waals surface area contributed by atoms with Gasteiger partial charge in [-0.15, -0.1) is 33.2 Å². The van der Waals surface area contributed by atoms with Gasteiger partial charge in [-0.2, -0.15) is 0 Å². The second-order valence-corrected chi connectivity index (χ2v) is 15.2. The Hall–Kier alpha value is -5.24. The van der Waals surface area contributed by atoms with Crippen molar-refractivity contribution in [2.75, 3.05) is 0 Å². The Morgan fingerprint density at radius 1 is 0.327 bits per heavy atom. The monoisotopic (exact) mass is 692 g/mol. The van der Waals surface area contributed by atoms with Crippen LogP contribution < -0.4 is 43.7 Å². The maximum absolute atomic E-state index is 7.07. The van der Waals surface area contributed by atoms with Crippen molar-refractivity contribution in [1.82, 2.24) is 0 Å². The van der Waals surface area contributed by atoms with Crippen LogP contribution >= 0.6 is 11.3 Å². The van der Waals surface area contributed by atoms with Gasteiger partial charge < -0.3 is 0 Å². The van der Waals surface area contributed by atoms with E-state index in [0.717, 1.165) is 43.8 Å². The first-order chi connectivity index (χ1) is 26.7. The lowest BCUT2D eigenvalue weighted by Crippen LogP contribution is -2.50. The lowest BCUT2D eigenvalue weighted by Gasteiger charge is -2.29. The smallest absolute Gasteiger partial charge is 0.113 e. The average molecular weight is 691 g/mol. The first-order valence-corrected chi connectivity index (χ1v) is 18.7. The maximum Gasteiger partial charge on any atom is 0.113 e. The van der Waals surface area contributed by atoms with Gasteiger partial charge in [-0.25, -0.2) is 0 Å². The molecule has 0 saturated carbocycles. The van der Waals surface area contributed by atoms with Crippen molar-refractivity contribution in [3.05, 3.63) is 121 Å². The van der Waals surface area contributed by atoms with Crippen LogP contribution in [0.2, 0.25) is 0 Å². The molecule has 0 nitrogen and oxygen atoms in total. The Kier molecular flexibility index (Phi) is 7.88. The number of rotatable bonds is 3. The lowest BCUT2D eigenvalue weighted by atomic mass is 9.59. The fourth-order valence-corrected chi connectivity index (χ4v) is 9.79. The minimum atomic E-state index is 0.183. The van der Waals surface area contributed by atoms with Gasteiger partial charge in [0.2, 0.25) is 0 Å². The third-order valence-corrected chi connectivity index (χ3v) is 12.5. The summed E-state index contributed by atoms with van der Waals surface area (Å²) in [5.74, 6) is 0. The zero-order chi connectivity index (χ0) is 37.9. The van der Waals surface area contributed by atoms with Gasteiger partial charge in [-0.3, -0.25) is 0 Å². The summed E-state index contributed by atoms with van der Waals surface area (Å²) in [7, 11) is 55.0. The molecule has 1 aromatic heterocycles. The average Bonchev–Trinajstić information content (AvgIpc) is 3.61. The summed E-state index contributed by atoms with van der Waals surface area (Å²) in [6.45, 7) is 0. The molecule has 0 unspecified atom stereocenters. The van der Waals surface area contributed by atoms with Crippen LogP contribution in [0.1, 0.15) is 0 Å². The van der Waals surface area contributed by atoms with Crippen LogP contribution in [0.4, 0.5) is 0 Å². The number of benzene rings is 9. The van der Waals surface area contributed by atoms with Gasteiger partial charge in [0.1, 0.15) is 62.8 Å². The lowest BCUT2D eigenvalue weighted by molar-refractivity contribution is 1.66. The van der Waals surface area contributed by atoms with E-state index in [4.69, 9.17) is 62.8 Å². The second kappa shape index (κ2) is 12.7. The molecule has 0 spiro atoms. The highest BCUT2D eigenvalue weighted by molar-refractivity contribution is 7.26. The standard InChI is InChI=1S/C46H20B8S/c47-38-34-32(22-18-16-21(17-19-22)25-13-7-14-29-28-12-5-6-15-31(28)55-46(25)29)35-37(41(50)45(54)43(52)39(35)48)33(36(34)40(49)44(53)42(38)51)30-20-23-8-1-2-9-24(23)26-10-3-4-11-27(26)30/h1-20H. The van der Waals surface area contributed by atoms with E-state index in [-0.39, 0.29) is 43.7 Å². The minimum absolute atomic E-state index is 0.183. The molecule has 0 aliphatic heterocycles. The molecule has 0 saturated heterocycles.